The van der Waals surface area contributed by atoms with E-state index < -0.39 is 0 Å². The molecule has 32 heavy (non-hydrogen) atoms. The van der Waals surface area contributed by atoms with Gasteiger partial charge in [0.15, 0.2) is 5.96 Å². The first-order valence-electron chi connectivity index (χ1n) is 11.5. The molecule has 0 aromatic heterocycles. The number of halogens is 1. The van der Waals surface area contributed by atoms with Crippen molar-refractivity contribution >= 4 is 35.8 Å². The maximum atomic E-state index is 12.6. The Kier molecular flexibility index (Phi) is 11.9. The minimum atomic E-state index is 0. The zero-order valence-corrected chi connectivity index (χ0v) is 21.6. The summed E-state index contributed by atoms with van der Waals surface area (Å²) in [6.07, 6.45) is 6.34. The molecule has 1 amide bonds. The second kappa shape index (κ2) is 14.4. The molecule has 1 heterocycles. The first-order valence-corrected chi connectivity index (χ1v) is 11.5. The minimum Gasteiger partial charge on any atom is -0.489 e. The van der Waals surface area contributed by atoms with Crippen LogP contribution in [0, 0.1) is 5.92 Å². The van der Waals surface area contributed by atoms with E-state index in [0.29, 0.717) is 19.1 Å². The average molecular weight is 556 g/mol. The number of hydrogen-bond acceptors (Lipinski definition) is 4. The van der Waals surface area contributed by atoms with Crippen LogP contribution >= 0.6 is 24.0 Å². The molecule has 178 valence electrons. The highest BCUT2D eigenvalue weighted by Gasteiger charge is 2.29. The van der Waals surface area contributed by atoms with Crippen LogP contribution in [0.2, 0.25) is 0 Å². The van der Waals surface area contributed by atoms with Crippen molar-refractivity contribution in [2.45, 2.75) is 32.2 Å². The van der Waals surface area contributed by atoms with Gasteiger partial charge in [0.05, 0.1) is 0 Å². The summed E-state index contributed by atoms with van der Waals surface area (Å²) in [7, 11) is 1.78. The third kappa shape index (κ3) is 7.95. The quantitative estimate of drug-likeness (QED) is 0.212. The van der Waals surface area contributed by atoms with Crippen LogP contribution in [0.15, 0.2) is 41.9 Å². The molecule has 1 aliphatic heterocycles. The maximum Gasteiger partial charge on any atom is 0.225 e. The van der Waals surface area contributed by atoms with E-state index in [9.17, 15) is 4.79 Å². The van der Waals surface area contributed by atoms with Gasteiger partial charge < -0.3 is 20.3 Å². The molecule has 1 aliphatic carbocycles. The third-order valence-corrected chi connectivity index (χ3v) is 6.11. The lowest BCUT2D eigenvalue weighted by atomic mass is 10.1. The summed E-state index contributed by atoms with van der Waals surface area (Å²) < 4.78 is 5.72. The van der Waals surface area contributed by atoms with E-state index in [1.54, 1.807) is 13.1 Å². The Hall–Kier alpha value is -1.81. The number of aliphatic imine (C=N–C) groups is 1. The van der Waals surface area contributed by atoms with E-state index in [0.717, 1.165) is 69.4 Å². The summed E-state index contributed by atoms with van der Waals surface area (Å²) >= 11 is 0. The molecule has 0 bridgehead atoms. The summed E-state index contributed by atoms with van der Waals surface area (Å²) in [6, 6.07) is 7.99. The van der Waals surface area contributed by atoms with Crippen LogP contribution in [0.25, 0.3) is 0 Å². The van der Waals surface area contributed by atoms with Crippen LogP contribution in [0.3, 0.4) is 0 Å². The van der Waals surface area contributed by atoms with Gasteiger partial charge in [-0.25, -0.2) is 0 Å². The minimum absolute atomic E-state index is 0. The summed E-state index contributed by atoms with van der Waals surface area (Å²) in [6.45, 7) is 10.2. The molecule has 0 atom stereocenters. The summed E-state index contributed by atoms with van der Waals surface area (Å²) in [4.78, 5) is 21.4. The lowest BCUT2D eigenvalue weighted by molar-refractivity contribution is -0.137. The third-order valence-electron chi connectivity index (χ3n) is 6.11. The molecule has 7 nitrogen and oxygen atoms in total. The van der Waals surface area contributed by atoms with Crippen molar-refractivity contribution in [3.05, 3.63) is 42.5 Å². The number of piperazine rings is 1. The summed E-state index contributed by atoms with van der Waals surface area (Å²) in [5.74, 6) is 2.30. The Morgan fingerprint density at radius 1 is 1.19 bits per heavy atom. The number of para-hydroxylation sites is 1. The SMILES string of the molecule is C=CCOc1ccccc1CNC(=NC)NCCN1CCN(C(=O)C2CCCC2)CC1.I. The molecule has 0 unspecified atom stereocenters. The van der Waals surface area contributed by atoms with Crippen LogP contribution in [-0.2, 0) is 11.3 Å². The van der Waals surface area contributed by atoms with E-state index >= 15 is 0 Å². The molecule has 1 saturated heterocycles. The number of carbonyl (C=O) groups is 1. The number of benzene rings is 1. The topological polar surface area (TPSA) is 69.2 Å². The molecule has 2 aliphatic rings. The van der Waals surface area contributed by atoms with Gasteiger partial charge in [-0.2, -0.15) is 0 Å². The molecule has 1 aromatic carbocycles. The predicted molar refractivity (Wildman–Crippen MR) is 141 cm³/mol. The first kappa shape index (κ1) is 26.4. The molecule has 2 fully saturated rings. The Labute approximate surface area is 209 Å². The number of carbonyl (C=O) groups excluding carboxylic acids is 1. The number of amides is 1. The highest BCUT2D eigenvalue weighted by Crippen LogP contribution is 2.26. The largest absolute Gasteiger partial charge is 0.489 e. The van der Waals surface area contributed by atoms with Crippen molar-refractivity contribution in [3.63, 3.8) is 0 Å². The fourth-order valence-corrected chi connectivity index (χ4v) is 4.29. The van der Waals surface area contributed by atoms with Gasteiger partial charge in [0, 0.05) is 64.3 Å². The fourth-order valence-electron chi connectivity index (χ4n) is 4.29. The van der Waals surface area contributed by atoms with Gasteiger partial charge in [0.1, 0.15) is 12.4 Å². The molecule has 8 heteroatoms. The van der Waals surface area contributed by atoms with Gasteiger partial charge >= 0.3 is 0 Å². The molecule has 2 N–H and O–H groups in total. The molecule has 1 aromatic rings. The second-order valence-electron chi connectivity index (χ2n) is 8.21. The number of guanidine groups is 1. The number of ether oxygens (including phenoxy) is 1. The smallest absolute Gasteiger partial charge is 0.225 e. The van der Waals surface area contributed by atoms with Gasteiger partial charge in [0.2, 0.25) is 5.91 Å². The van der Waals surface area contributed by atoms with E-state index in [1.807, 2.05) is 24.3 Å². The van der Waals surface area contributed by atoms with Gasteiger partial charge in [-0.15, -0.1) is 24.0 Å². The van der Waals surface area contributed by atoms with E-state index in [-0.39, 0.29) is 29.9 Å². The fraction of sp³-hybridized carbons (Fsp3) is 0.583. The lowest BCUT2D eigenvalue weighted by Gasteiger charge is -2.36. The molecule has 0 spiro atoms. The van der Waals surface area contributed by atoms with Gasteiger partial charge in [-0.05, 0) is 18.9 Å². The van der Waals surface area contributed by atoms with Crippen LogP contribution < -0.4 is 15.4 Å². The van der Waals surface area contributed by atoms with Gasteiger partial charge in [-0.1, -0.05) is 43.7 Å². The Bertz CT molecular complexity index is 744. The van der Waals surface area contributed by atoms with E-state index in [1.165, 1.54) is 12.8 Å². The maximum absolute atomic E-state index is 12.6. The van der Waals surface area contributed by atoms with E-state index in [4.69, 9.17) is 4.74 Å². The standard InChI is InChI=1S/C24H37N5O2.HI/c1-3-18-31-22-11-7-6-10-21(22)19-27-24(25-2)26-12-13-28-14-16-29(17-15-28)23(30)20-8-4-5-9-20;/h3,6-7,10-11,20H,1,4-5,8-9,12-19H2,2H3,(H2,25,26,27);1H. The van der Waals surface area contributed by atoms with Crippen molar-refractivity contribution < 1.29 is 9.53 Å². The number of nitrogens with one attached hydrogen (secondary N) is 2. The van der Waals surface area contributed by atoms with Gasteiger partial charge in [0.25, 0.3) is 0 Å². The average Bonchev–Trinajstić information content (AvgIpc) is 3.35. The lowest BCUT2D eigenvalue weighted by Crippen LogP contribution is -2.51. The second-order valence-corrected chi connectivity index (χ2v) is 8.21. The number of nitrogens with zero attached hydrogens (tertiary/aromatic N) is 3. The normalized spacial score (nSPS) is 17.5. The van der Waals surface area contributed by atoms with Crippen LogP contribution in [0.5, 0.6) is 5.75 Å². The van der Waals surface area contributed by atoms with Crippen LogP contribution in [0.1, 0.15) is 31.2 Å². The van der Waals surface area contributed by atoms with Crippen molar-refractivity contribution in [2.24, 2.45) is 10.9 Å². The van der Waals surface area contributed by atoms with Crippen molar-refractivity contribution in [3.8, 4) is 5.75 Å². The van der Waals surface area contributed by atoms with Crippen molar-refractivity contribution in [2.75, 3.05) is 52.9 Å². The molecule has 1 saturated carbocycles. The molecule has 0 radical (unpaired) electrons. The zero-order chi connectivity index (χ0) is 21.9. The monoisotopic (exact) mass is 555 g/mol. The molecule has 3 rings (SSSR count). The number of rotatable bonds is 9. The highest BCUT2D eigenvalue weighted by atomic mass is 127. The zero-order valence-electron chi connectivity index (χ0n) is 19.2. The Balaban J connectivity index is 0.00000363. The van der Waals surface area contributed by atoms with Crippen molar-refractivity contribution in [1.29, 1.82) is 0 Å². The van der Waals surface area contributed by atoms with Gasteiger partial charge in [-0.3, -0.25) is 14.7 Å². The Morgan fingerprint density at radius 3 is 2.59 bits per heavy atom. The van der Waals surface area contributed by atoms with E-state index in [2.05, 4.69) is 32.0 Å². The van der Waals surface area contributed by atoms with Crippen molar-refractivity contribution in [1.82, 2.24) is 20.4 Å². The number of hydrogen-bond donors (Lipinski definition) is 2. The summed E-state index contributed by atoms with van der Waals surface area (Å²) in [5, 5.41) is 6.74. The predicted octanol–water partition coefficient (Wildman–Crippen LogP) is 2.87. The Morgan fingerprint density at radius 2 is 1.91 bits per heavy atom. The molecular formula is C24H38IN5O2. The van der Waals surface area contributed by atoms with Crippen LogP contribution in [0.4, 0.5) is 0 Å². The first-order chi connectivity index (χ1) is 15.2. The summed E-state index contributed by atoms with van der Waals surface area (Å²) in [5.41, 5.74) is 1.08. The highest BCUT2D eigenvalue weighted by molar-refractivity contribution is 14.0. The van der Waals surface area contributed by atoms with Crippen LogP contribution in [-0.4, -0.2) is 74.6 Å². The molecular weight excluding hydrogens is 517 g/mol.